The van der Waals surface area contributed by atoms with E-state index in [1.165, 1.54) is 12.1 Å². The van der Waals surface area contributed by atoms with E-state index in [2.05, 4.69) is 5.32 Å². The van der Waals surface area contributed by atoms with Crippen molar-refractivity contribution in [1.82, 2.24) is 4.90 Å². The second kappa shape index (κ2) is 6.82. The summed E-state index contributed by atoms with van der Waals surface area (Å²) in [6, 6.07) is 14.2. The number of benzene rings is 2. The Hall–Kier alpha value is -2.36. The van der Waals surface area contributed by atoms with Crippen LogP contribution in [0.3, 0.4) is 0 Å². The second-order valence-electron chi connectivity index (χ2n) is 6.11. The number of aryl methyl sites for hydroxylation is 1. The molecule has 1 amide bonds. The van der Waals surface area contributed by atoms with Gasteiger partial charge in [-0.2, -0.15) is 0 Å². The maximum atomic E-state index is 13.0. The number of carbonyl (C=O) groups is 1. The van der Waals surface area contributed by atoms with Crippen LogP contribution in [0.25, 0.3) is 0 Å². The second-order valence-corrected chi connectivity index (χ2v) is 6.11. The molecular formula is C19H21FN2O. The molecule has 1 aliphatic rings. The number of nitrogens with zero attached hydrogens (tertiary/aromatic N) is 1. The summed E-state index contributed by atoms with van der Waals surface area (Å²) in [6.07, 6.45) is 1.98. The molecule has 1 heterocycles. The van der Waals surface area contributed by atoms with Crippen molar-refractivity contribution in [3.05, 3.63) is 65.5 Å². The van der Waals surface area contributed by atoms with Crippen molar-refractivity contribution in [3.8, 4) is 0 Å². The largest absolute Gasteiger partial charge is 0.381 e. The molecule has 1 aliphatic heterocycles. The van der Waals surface area contributed by atoms with E-state index in [0.717, 1.165) is 36.2 Å². The van der Waals surface area contributed by atoms with Gasteiger partial charge >= 0.3 is 0 Å². The Morgan fingerprint density at radius 1 is 1.13 bits per heavy atom. The molecule has 2 aromatic rings. The molecule has 4 heteroatoms. The number of piperidine rings is 1. The minimum absolute atomic E-state index is 0.0793. The number of rotatable bonds is 3. The Morgan fingerprint density at radius 3 is 2.52 bits per heavy atom. The van der Waals surface area contributed by atoms with Crippen LogP contribution in [0.2, 0.25) is 0 Å². The first-order valence-electron chi connectivity index (χ1n) is 8.00. The van der Waals surface area contributed by atoms with Crippen molar-refractivity contribution in [2.75, 3.05) is 18.4 Å². The lowest BCUT2D eigenvalue weighted by Crippen LogP contribution is -2.45. The summed E-state index contributed by atoms with van der Waals surface area (Å²) < 4.78 is 13.0. The monoisotopic (exact) mass is 312 g/mol. The first-order valence-corrected chi connectivity index (χ1v) is 8.00. The van der Waals surface area contributed by atoms with Gasteiger partial charge in [0.05, 0.1) is 0 Å². The molecule has 3 rings (SSSR count). The maximum Gasteiger partial charge on any atom is 0.253 e. The Kier molecular flexibility index (Phi) is 4.60. The zero-order valence-electron chi connectivity index (χ0n) is 13.3. The molecule has 1 atom stereocenters. The van der Waals surface area contributed by atoms with Crippen LogP contribution in [0.1, 0.15) is 28.8 Å². The van der Waals surface area contributed by atoms with E-state index in [4.69, 9.17) is 0 Å². The lowest BCUT2D eigenvalue weighted by atomic mass is 10.0. The van der Waals surface area contributed by atoms with Crippen LogP contribution in [-0.2, 0) is 0 Å². The lowest BCUT2D eigenvalue weighted by Gasteiger charge is -2.33. The zero-order chi connectivity index (χ0) is 16.2. The Balaban J connectivity index is 1.64. The fourth-order valence-electron chi connectivity index (χ4n) is 2.94. The third-order valence-electron chi connectivity index (χ3n) is 4.22. The van der Waals surface area contributed by atoms with Crippen LogP contribution in [0.4, 0.5) is 10.1 Å². The first kappa shape index (κ1) is 15.5. The standard InChI is InChI=1S/C19H21FN2O/c1-14-4-6-15(7-5-14)19(23)22-12-2-3-18(13-22)21-17-10-8-16(20)9-11-17/h4-11,18,21H,2-3,12-13H2,1H3/t18-/m0/s1. The highest BCUT2D eigenvalue weighted by molar-refractivity contribution is 5.94. The summed E-state index contributed by atoms with van der Waals surface area (Å²) in [7, 11) is 0. The molecule has 0 saturated carbocycles. The molecule has 2 aromatic carbocycles. The number of amides is 1. The summed E-state index contributed by atoms with van der Waals surface area (Å²) >= 11 is 0. The van der Waals surface area contributed by atoms with Gasteiger partial charge in [0.1, 0.15) is 5.82 Å². The third-order valence-corrected chi connectivity index (χ3v) is 4.22. The molecule has 0 unspecified atom stereocenters. The number of hydrogen-bond acceptors (Lipinski definition) is 2. The van der Waals surface area contributed by atoms with Crippen LogP contribution in [0, 0.1) is 12.7 Å². The van der Waals surface area contributed by atoms with Gasteiger partial charge in [-0.05, 0) is 56.2 Å². The first-order chi connectivity index (χ1) is 11.1. The molecule has 0 aromatic heterocycles. The average molecular weight is 312 g/mol. The summed E-state index contributed by atoms with van der Waals surface area (Å²) in [5, 5.41) is 3.39. The normalized spacial score (nSPS) is 17.8. The molecule has 1 N–H and O–H groups in total. The number of carbonyl (C=O) groups excluding carboxylic acids is 1. The highest BCUT2D eigenvalue weighted by atomic mass is 19.1. The quantitative estimate of drug-likeness (QED) is 0.933. The minimum Gasteiger partial charge on any atom is -0.381 e. The lowest BCUT2D eigenvalue weighted by molar-refractivity contribution is 0.0715. The molecule has 1 saturated heterocycles. The minimum atomic E-state index is -0.240. The molecular weight excluding hydrogens is 291 g/mol. The summed E-state index contributed by atoms with van der Waals surface area (Å²) in [5.41, 5.74) is 2.77. The molecule has 23 heavy (non-hydrogen) atoms. The maximum absolute atomic E-state index is 13.0. The van der Waals surface area contributed by atoms with Crippen molar-refractivity contribution in [2.24, 2.45) is 0 Å². The molecule has 0 spiro atoms. The fourth-order valence-corrected chi connectivity index (χ4v) is 2.94. The van der Waals surface area contributed by atoms with E-state index in [1.807, 2.05) is 36.1 Å². The molecule has 0 radical (unpaired) electrons. The summed E-state index contributed by atoms with van der Waals surface area (Å²) in [6.45, 7) is 3.47. The summed E-state index contributed by atoms with van der Waals surface area (Å²) in [4.78, 5) is 14.5. The van der Waals surface area contributed by atoms with Gasteiger partial charge < -0.3 is 10.2 Å². The van der Waals surface area contributed by atoms with Crippen molar-refractivity contribution < 1.29 is 9.18 Å². The summed E-state index contributed by atoms with van der Waals surface area (Å²) in [5.74, 6) is -0.161. The molecule has 120 valence electrons. The highest BCUT2D eigenvalue weighted by Crippen LogP contribution is 2.18. The van der Waals surface area contributed by atoms with Crippen LogP contribution in [0.15, 0.2) is 48.5 Å². The van der Waals surface area contributed by atoms with Gasteiger partial charge in [-0.25, -0.2) is 4.39 Å². The number of halogens is 1. The highest BCUT2D eigenvalue weighted by Gasteiger charge is 2.24. The van der Waals surface area contributed by atoms with Crippen LogP contribution in [0.5, 0.6) is 0 Å². The van der Waals surface area contributed by atoms with Crippen molar-refractivity contribution in [1.29, 1.82) is 0 Å². The molecule has 0 aliphatic carbocycles. The molecule has 3 nitrogen and oxygen atoms in total. The predicted molar refractivity (Wildman–Crippen MR) is 90.1 cm³/mol. The van der Waals surface area contributed by atoms with E-state index in [9.17, 15) is 9.18 Å². The van der Waals surface area contributed by atoms with Gasteiger partial charge in [-0.3, -0.25) is 4.79 Å². The van der Waals surface area contributed by atoms with Crippen molar-refractivity contribution >= 4 is 11.6 Å². The van der Waals surface area contributed by atoms with E-state index >= 15 is 0 Å². The van der Waals surface area contributed by atoms with E-state index in [-0.39, 0.29) is 17.8 Å². The zero-order valence-corrected chi connectivity index (χ0v) is 13.3. The van der Waals surface area contributed by atoms with Gasteiger partial charge in [-0.15, -0.1) is 0 Å². The molecule has 1 fully saturated rings. The van der Waals surface area contributed by atoms with Crippen LogP contribution in [-0.4, -0.2) is 29.9 Å². The van der Waals surface area contributed by atoms with Crippen molar-refractivity contribution in [2.45, 2.75) is 25.8 Å². The number of likely N-dealkylation sites (tertiary alicyclic amines) is 1. The van der Waals surface area contributed by atoms with Crippen molar-refractivity contribution in [3.63, 3.8) is 0 Å². The third kappa shape index (κ3) is 3.89. The molecule has 0 bridgehead atoms. The van der Waals surface area contributed by atoms with E-state index in [0.29, 0.717) is 6.54 Å². The average Bonchev–Trinajstić information content (AvgIpc) is 2.57. The van der Waals surface area contributed by atoms with E-state index < -0.39 is 0 Å². The van der Waals surface area contributed by atoms with Gasteiger partial charge in [0.25, 0.3) is 5.91 Å². The predicted octanol–water partition coefficient (Wildman–Crippen LogP) is 3.85. The van der Waals surface area contributed by atoms with Gasteiger partial charge in [0.15, 0.2) is 0 Å². The smallest absolute Gasteiger partial charge is 0.253 e. The fraction of sp³-hybridized carbons (Fsp3) is 0.316. The Bertz CT molecular complexity index is 667. The van der Waals surface area contributed by atoms with Crippen LogP contribution >= 0.6 is 0 Å². The SMILES string of the molecule is Cc1ccc(C(=O)N2CCC[C@H](Nc3ccc(F)cc3)C2)cc1. The topological polar surface area (TPSA) is 32.3 Å². The van der Waals surface area contributed by atoms with Gasteiger partial charge in [0.2, 0.25) is 0 Å². The Labute approximate surface area is 136 Å². The number of anilines is 1. The Morgan fingerprint density at radius 2 is 1.83 bits per heavy atom. The van der Waals surface area contributed by atoms with Crippen LogP contribution < -0.4 is 5.32 Å². The van der Waals surface area contributed by atoms with E-state index in [1.54, 1.807) is 12.1 Å². The van der Waals surface area contributed by atoms with Gasteiger partial charge in [0, 0.05) is 30.4 Å². The number of nitrogens with one attached hydrogen (secondary N) is 1. The van der Waals surface area contributed by atoms with Gasteiger partial charge in [-0.1, -0.05) is 17.7 Å². The number of hydrogen-bond donors (Lipinski definition) is 1.